The van der Waals surface area contributed by atoms with Gasteiger partial charge in [0.2, 0.25) is 5.91 Å². The lowest BCUT2D eigenvalue weighted by Gasteiger charge is -2.38. The second kappa shape index (κ2) is 12.7. The van der Waals surface area contributed by atoms with Crippen LogP contribution in [0.1, 0.15) is 93.9 Å². The molecule has 0 radical (unpaired) electrons. The smallest absolute Gasteiger partial charge is 0.331 e. The Kier molecular flexibility index (Phi) is 11.3. The van der Waals surface area contributed by atoms with E-state index in [-0.39, 0.29) is 40.8 Å². The molecule has 1 saturated heterocycles. The summed E-state index contributed by atoms with van der Waals surface area (Å²) < 4.78 is 0. The SMILES string of the molecule is C/C(=C\[C@H](C(C)C)N(C)C(=O)C(CCCC(=O)C1CCCCN1C(C)C)C(C)(C)C)C(=O)O. The normalized spacial score (nSPS) is 20.1. The van der Waals surface area contributed by atoms with Gasteiger partial charge in [-0.05, 0) is 64.3 Å². The number of piperidine rings is 1. The summed E-state index contributed by atoms with van der Waals surface area (Å²) in [7, 11) is 1.77. The summed E-state index contributed by atoms with van der Waals surface area (Å²) in [4.78, 5) is 42.0. The zero-order chi connectivity index (χ0) is 25.5. The maximum atomic E-state index is 13.6. The lowest BCUT2D eigenvalue weighted by molar-refractivity contribution is -0.140. The van der Waals surface area contributed by atoms with Crippen LogP contribution in [0.15, 0.2) is 11.6 Å². The number of nitrogens with zero attached hydrogens (tertiary/aromatic N) is 2. The van der Waals surface area contributed by atoms with Gasteiger partial charge in [-0.1, -0.05) is 47.1 Å². The highest BCUT2D eigenvalue weighted by Gasteiger charge is 2.36. The van der Waals surface area contributed by atoms with E-state index in [2.05, 4.69) is 39.5 Å². The molecule has 1 rings (SSSR count). The topological polar surface area (TPSA) is 77.9 Å². The van der Waals surface area contributed by atoms with E-state index in [1.807, 2.05) is 13.8 Å². The van der Waals surface area contributed by atoms with E-state index < -0.39 is 5.97 Å². The van der Waals surface area contributed by atoms with Crippen LogP contribution in [0.3, 0.4) is 0 Å². The van der Waals surface area contributed by atoms with Gasteiger partial charge in [-0.25, -0.2) is 4.79 Å². The Hall–Kier alpha value is -1.69. The van der Waals surface area contributed by atoms with Crippen LogP contribution in [-0.2, 0) is 14.4 Å². The monoisotopic (exact) mass is 464 g/mol. The molecule has 3 atom stereocenters. The third-order valence-corrected chi connectivity index (χ3v) is 7.07. The number of aliphatic carboxylic acids is 1. The van der Waals surface area contributed by atoms with Gasteiger partial charge >= 0.3 is 5.97 Å². The van der Waals surface area contributed by atoms with Crippen LogP contribution in [0.4, 0.5) is 0 Å². The highest BCUT2D eigenvalue weighted by Crippen LogP contribution is 2.33. The maximum absolute atomic E-state index is 13.6. The number of likely N-dealkylation sites (N-methyl/N-ethyl adjacent to an activating group) is 1. The summed E-state index contributed by atoms with van der Waals surface area (Å²) in [6, 6.07) is 0.0914. The quantitative estimate of drug-likeness (QED) is 0.427. The minimum Gasteiger partial charge on any atom is -0.478 e. The number of likely N-dealkylation sites (tertiary alicyclic amines) is 1. The summed E-state index contributed by atoms with van der Waals surface area (Å²) in [6.45, 7) is 17.0. The Morgan fingerprint density at radius 1 is 1.12 bits per heavy atom. The number of hydrogen-bond acceptors (Lipinski definition) is 4. The van der Waals surface area contributed by atoms with Crippen LogP contribution in [0.2, 0.25) is 0 Å². The Bertz CT molecular complexity index is 705. The number of hydrogen-bond donors (Lipinski definition) is 1. The van der Waals surface area contributed by atoms with Crippen LogP contribution in [0.5, 0.6) is 0 Å². The molecule has 0 saturated carbocycles. The molecule has 33 heavy (non-hydrogen) atoms. The Morgan fingerprint density at radius 3 is 2.21 bits per heavy atom. The molecule has 1 fully saturated rings. The molecule has 0 aliphatic carbocycles. The van der Waals surface area contributed by atoms with Crippen molar-refractivity contribution >= 4 is 17.7 Å². The Morgan fingerprint density at radius 2 is 1.73 bits per heavy atom. The van der Waals surface area contributed by atoms with Crippen molar-refractivity contribution in [3.05, 3.63) is 11.6 Å². The third kappa shape index (κ3) is 8.55. The van der Waals surface area contributed by atoms with Crippen LogP contribution < -0.4 is 0 Å². The van der Waals surface area contributed by atoms with Crippen LogP contribution in [0, 0.1) is 17.3 Å². The lowest BCUT2D eigenvalue weighted by atomic mass is 9.76. The van der Waals surface area contributed by atoms with Crippen molar-refractivity contribution in [2.24, 2.45) is 17.3 Å². The number of amides is 1. The zero-order valence-corrected chi connectivity index (χ0v) is 22.5. The molecule has 6 nitrogen and oxygen atoms in total. The first-order valence-electron chi connectivity index (χ1n) is 12.6. The molecule has 1 heterocycles. The van der Waals surface area contributed by atoms with E-state index in [4.69, 9.17) is 0 Å². The molecule has 0 bridgehead atoms. The van der Waals surface area contributed by atoms with E-state index in [1.165, 1.54) is 0 Å². The standard InChI is InChI=1S/C27H48N2O4/c1-18(2)23(17-20(5)26(32)33)28(9)25(31)21(27(6,7)8)13-12-15-24(30)22-14-10-11-16-29(22)19(3)4/h17-19,21-23H,10-16H2,1-9H3,(H,32,33)/b20-17+/t21?,22?,23-/m1/s1. The number of rotatable bonds is 11. The number of carboxylic acids is 1. The fourth-order valence-corrected chi connectivity index (χ4v) is 4.96. The molecule has 0 spiro atoms. The largest absolute Gasteiger partial charge is 0.478 e. The van der Waals surface area contributed by atoms with Gasteiger partial charge in [0.1, 0.15) is 5.78 Å². The second-order valence-electron chi connectivity index (χ2n) is 11.5. The number of carboxylic acid groups (broad SMARTS) is 1. The summed E-state index contributed by atoms with van der Waals surface area (Å²) in [5.41, 5.74) is -0.00976. The minimum atomic E-state index is -0.967. The predicted octanol–water partition coefficient (Wildman–Crippen LogP) is 5.16. The average molecular weight is 465 g/mol. The molecule has 190 valence electrons. The third-order valence-electron chi connectivity index (χ3n) is 7.07. The number of carbonyl (C=O) groups is 3. The van der Waals surface area contributed by atoms with E-state index in [9.17, 15) is 19.5 Å². The lowest BCUT2D eigenvalue weighted by Crippen LogP contribution is -2.48. The zero-order valence-electron chi connectivity index (χ0n) is 22.5. The van der Waals surface area contributed by atoms with Gasteiger partial charge in [0.25, 0.3) is 0 Å². The average Bonchev–Trinajstić information content (AvgIpc) is 2.72. The minimum absolute atomic E-state index is 0.0136. The molecule has 1 aliphatic rings. The van der Waals surface area contributed by atoms with Gasteiger partial charge in [0.15, 0.2) is 0 Å². The van der Waals surface area contributed by atoms with Gasteiger partial charge in [-0.3, -0.25) is 14.5 Å². The molecular weight excluding hydrogens is 416 g/mol. The van der Waals surface area contributed by atoms with E-state index in [0.717, 1.165) is 25.8 Å². The first-order chi connectivity index (χ1) is 15.2. The first-order valence-corrected chi connectivity index (χ1v) is 12.6. The Labute approximate surface area is 201 Å². The van der Waals surface area contributed by atoms with Crippen molar-refractivity contribution in [3.8, 4) is 0 Å². The molecule has 1 N–H and O–H groups in total. The number of carbonyl (C=O) groups excluding carboxylic acids is 2. The molecule has 6 heteroatoms. The second-order valence-corrected chi connectivity index (χ2v) is 11.5. The van der Waals surface area contributed by atoms with Crippen molar-refractivity contribution in [1.29, 1.82) is 0 Å². The van der Waals surface area contributed by atoms with E-state index >= 15 is 0 Å². The van der Waals surface area contributed by atoms with Crippen LogP contribution in [-0.4, -0.2) is 64.3 Å². The molecular formula is C27H48N2O4. The van der Waals surface area contributed by atoms with E-state index in [1.54, 1.807) is 24.9 Å². The molecule has 1 amide bonds. The number of ketones is 1. The van der Waals surface area contributed by atoms with Crippen LogP contribution in [0.25, 0.3) is 0 Å². The maximum Gasteiger partial charge on any atom is 0.331 e. The highest BCUT2D eigenvalue weighted by atomic mass is 16.4. The van der Waals surface area contributed by atoms with Crippen LogP contribution >= 0.6 is 0 Å². The van der Waals surface area contributed by atoms with Crippen molar-refractivity contribution in [1.82, 2.24) is 9.80 Å². The van der Waals surface area contributed by atoms with Gasteiger partial charge in [0.05, 0.1) is 12.1 Å². The van der Waals surface area contributed by atoms with Gasteiger partial charge in [-0.15, -0.1) is 0 Å². The van der Waals surface area contributed by atoms with Gasteiger partial charge in [-0.2, -0.15) is 0 Å². The molecule has 0 aromatic carbocycles. The van der Waals surface area contributed by atoms with Crippen molar-refractivity contribution < 1.29 is 19.5 Å². The molecule has 1 aliphatic heterocycles. The number of Topliss-reactive ketones (excluding diaryl/α,β-unsaturated/α-hetero) is 1. The van der Waals surface area contributed by atoms with Crippen molar-refractivity contribution in [2.45, 2.75) is 112 Å². The molecule has 2 unspecified atom stereocenters. The fourth-order valence-electron chi connectivity index (χ4n) is 4.96. The Balaban J connectivity index is 2.91. The van der Waals surface area contributed by atoms with Crippen molar-refractivity contribution in [3.63, 3.8) is 0 Å². The first kappa shape index (κ1) is 29.3. The fraction of sp³-hybridized carbons (Fsp3) is 0.815. The highest BCUT2D eigenvalue weighted by molar-refractivity contribution is 5.86. The van der Waals surface area contributed by atoms with Gasteiger partial charge < -0.3 is 10.0 Å². The van der Waals surface area contributed by atoms with E-state index in [0.29, 0.717) is 31.1 Å². The van der Waals surface area contributed by atoms with Gasteiger partial charge in [0, 0.05) is 31.0 Å². The molecule has 0 aromatic heterocycles. The summed E-state index contributed by atoms with van der Waals surface area (Å²) in [6.07, 6.45) is 6.72. The summed E-state index contributed by atoms with van der Waals surface area (Å²) in [5, 5.41) is 9.29. The summed E-state index contributed by atoms with van der Waals surface area (Å²) >= 11 is 0. The summed E-state index contributed by atoms with van der Waals surface area (Å²) in [5.74, 6) is -0.793. The van der Waals surface area contributed by atoms with Crippen molar-refractivity contribution in [2.75, 3.05) is 13.6 Å². The molecule has 0 aromatic rings. The predicted molar refractivity (Wildman–Crippen MR) is 134 cm³/mol.